The van der Waals surface area contributed by atoms with Gasteiger partial charge in [-0.15, -0.1) is 0 Å². The van der Waals surface area contributed by atoms with Crippen LogP contribution < -0.4 is 4.90 Å². The second-order valence-electron chi connectivity index (χ2n) is 7.43. The molecule has 1 aliphatic heterocycles. The van der Waals surface area contributed by atoms with Crippen molar-refractivity contribution in [2.24, 2.45) is 0 Å². The Balaban J connectivity index is 1.25. The lowest BCUT2D eigenvalue weighted by molar-refractivity contribution is 0.0971. The predicted molar refractivity (Wildman–Crippen MR) is 101 cm³/mol. The van der Waals surface area contributed by atoms with Crippen LogP contribution in [0.5, 0.6) is 0 Å². The zero-order valence-corrected chi connectivity index (χ0v) is 15.5. The fourth-order valence-electron chi connectivity index (χ4n) is 4.17. The Kier molecular flexibility index (Phi) is 5.25. The van der Waals surface area contributed by atoms with Gasteiger partial charge >= 0.3 is 0 Å². The van der Waals surface area contributed by atoms with Crippen molar-refractivity contribution in [2.75, 3.05) is 37.6 Å². The molecule has 6 heteroatoms. The molecule has 0 bridgehead atoms. The van der Waals surface area contributed by atoms with Crippen molar-refractivity contribution in [3.05, 3.63) is 53.4 Å². The van der Waals surface area contributed by atoms with E-state index >= 15 is 0 Å². The van der Waals surface area contributed by atoms with Crippen LogP contribution in [0.2, 0.25) is 0 Å². The fourth-order valence-corrected chi connectivity index (χ4v) is 4.17. The molecule has 4 rings (SSSR count). The first-order valence-corrected chi connectivity index (χ1v) is 9.75. The number of aryl methyl sites for hydroxylation is 1. The lowest BCUT2D eigenvalue weighted by atomic mass is 9.97. The molecule has 2 aliphatic rings. The van der Waals surface area contributed by atoms with Gasteiger partial charge in [0.25, 0.3) is 0 Å². The Labute approximate surface area is 158 Å². The Morgan fingerprint density at radius 2 is 1.74 bits per heavy atom. The molecule has 2 aromatic rings. The summed E-state index contributed by atoms with van der Waals surface area (Å²) in [6, 6.07) is 6.09. The molecule has 2 heterocycles. The summed E-state index contributed by atoms with van der Waals surface area (Å²) in [6.45, 7) is 5.41. The van der Waals surface area contributed by atoms with Gasteiger partial charge in [0.05, 0.1) is 0 Å². The summed E-state index contributed by atoms with van der Waals surface area (Å²) in [5.74, 6) is -1.31. The number of carbonyl (C=O) groups is 1. The maximum Gasteiger partial charge on any atom is 0.164 e. The molecule has 0 atom stereocenters. The minimum Gasteiger partial charge on any atom is -0.369 e. The average Bonchev–Trinajstić information content (AvgIpc) is 3.09. The topological polar surface area (TPSA) is 28.5 Å². The lowest BCUT2D eigenvalue weighted by Gasteiger charge is -2.36. The third-order valence-electron chi connectivity index (χ3n) is 5.71. The SMILES string of the molecule is O=C1CCCc2c1ccn2CCCN1CCN(c2ccc(F)c(F)c2)CC1. The predicted octanol–water partition coefficient (Wildman–Crippen LogP) is 3.50. The van der Waals surface area contributed by atoms with Gasteiger partial charge < -0.3 is 9.47 Å². The summed E-state index contributed by atoms with van der Waals surface area (Å²) in [5.41, 5.74) is 2.87. The van der Waals surface area contributed by atoms with E-state index < -0.39 is 11.6 Å². The third kappa shape index (κ3) is 3.90. The molecule has 1 aromatic carbocycles. The van der Waals surface area contributed by atoms with Crippen molar-refractivity contribution in [3.8, 4) is 0 Å². The van der Waals surface area contributed by atoms with E-state index in [1.54, 1.807) is 6.07 Å². The number of anilines is 1. The van der Waals surface area contributed by atoms with Gasteiger partial charge in [0.15, 0.2) is 17.4 Å². The normalized spacial score (nSPS) is 18.0. The minimum atomic E-state index is -0.800. The van der Waals surface area contributed by atoms with Crippen LogP contribution in [0.15, 0.2) is 30.5 Å². The maximum atomic E-state index is 13.4. The van der Waals surface area contributed by atoms with E-state index in [1.165, 1.54) is 17.8 Å². The van der Waals surface area contributed by atoms with Crippen molar-refractivity contribution in [2.45, 2.75) is 32.2 Å². The molecule has 1 aromatic heterocycles. The maximum absolute atomic E-state index is 13.4. The zero-order chi connectivity index (χ0) is 18.8. The highest BCUT2D eigenvalue weighted by Crippen LogP contribution is 2.23. The first kappa shape index (κ1) is 18.2. The Morgan fingerprint density at radius 3 is 2.52 bits per heavy atom. The number of benzene rings is 1. The molecule has 1 aliphatic carbocycles. The first-order valence-electron chi connectivity index (χ1n) is 9.75. The van der Waals surface area contributed by atoms with Gasteiger partial charge in [-0.05, 0) is 44.0 Å². The molecule has 0 radical (unpaired) electrons. The van der Waals surface area contributed by atoms with E-state index in [1.807, 2.05) is 6.07 Å². The number of fused-ring (bicyclic) bond motifs is 1. The summed E-state index contributed by atoms with van der Waals surface area (Å²) in [4.78, 5) is 16.5. The highest BCUT2D eigenvalue weighted by atomic mass is 19.2. The number of nitrogens with zero attached hydrogens (tertiary/aromatic N) is 3. The van der Waals surface area contributed by atoms with Crippen molar-refractivity contribution in [3.63, 3.8) is 0 Å². The van der Waals surface area contributed by atoms with Crippen LogP contribution in [0.3, 0.4) is 0 Å². The van der Waals surface area contributed by atoms with E-state index in [4.69, 9.17) is 0 Å². The molecule has 1 fully saturated rings. The molecule has 0 amide bonds. The number of hydrogen-bond acceptors (Lipinski definition) is 3. The van der Waals surface area contributed by atoms with Crippen LogP contribution in [0, 0.1) is 11.6 Å². The average molecular weight is 373 g/mol. The van der Waals surface area contributed by atoms with Crippen molar-refractivity contribution >= 4 is 11.5 Å². The third-order valence-corrected chi connectivity index (χ3v) is 5.71. The molecular formula is C21H25F2N3O. The van der Waals surface area contributed by atoms with E-state index in [0.717, 1.165) is 69.8 Å². The van der Waals surface area contributed by atoms with Gasteiger partial charge in [-0.1, -0.05) is 0 Å². The van der Waals surface area contributed by atoms with Gasteiger partial charge in [-0.2, -0.15) is 0 Å². The highest BCUT2D eigenvalue weighted by Gasteiger charge is 2.21. The summed E-state index contributed by atoms with van der Waals surface area (Å²) in [5, 5.41) is 0. The molecule has 0 spiro atoms. The van der Waals surface area contributed by atoms with E-state index in [-0.39, 0.29) is 5.78 Å². The van der Waals surface area contributed by atoms with Crippen LogP contribution >= 0.6 is 0 Å². The molecule has 0 unspecified atom stereocenters. The highest BCUT2D eigenvalue weighted by molar-refractivity contribution is 5.98. The number of carbonyl (C=O) groups excluding carboxylic acids is 1. The summed E-state index contributed by atoms with van der Waals surface area (Å²) in [7, 11) is 0. The molecule has 0 saturated carbocycles. The van der Waals surface area contributed by atoms with E-state index in [0.29, 0.717) is 6.42 Å². The zero-order valence-electron chi connectivity index (χ0n) is 15.5. The molecule has 4 nitrogen and oxygen atoms in total. The van der Waals surface area contributed by atoms with Crippen molar-refractivity contribution in [1.82, 2.24) is 9.47 Å². The Bertz CT molecular complexity index is 825. The van der Waals surface area contributed by atoms with Crippen LogP contribution in [0.1, 0.15) is 35.3 Å². The molecule has 0 N–H and O–H groups in total. The first-order chi connectivity index (χ1) is 13.1. The summed E-state index contributed by atoms with van der Waals surface area (Å²) >= 11 is 0. The van der Waals surface area contributed by atoms with E-state index in [9.17, 15) is 13.6 Å². The van der Waals surface area contributed by atoms with Crippen LogP contribution in [-0.4, -0.2) is 48.0 Å². The lowest BCUT2D eigenvalue weighted by Crippen LogP contribution is -2.46. The number of ketones is 1. The van der Waals surface area contributed by atoms with Gasteiger partial charge in [0.1, 0.15) is 0 Å². The molecular weight excluding hydrogens is 348 g/mol. The smallest absolute Gasteiger partial charge is 0.164 e. The minimum absolute atomic E-state index is 0.281. The van der Waals surface area contributed by atoms with Crippen LogP contribution in [0.4, 0.5) is 14.5 Å². The van der Waals surface area contributed by atoms with Crippen LogP contribution in [-0.2, 0) is 13.0 Å². The number of hydrogen-bond donors (Lipinski definition) is 0. The monoisotopic (exact) mass is 373 g/mol. The summed E-state index contributed by atoms with van der Waals surface area (Å²) in [6.07, 6.45) is 5.73. The van der Waals surface area contributed by atoms with Crippen molar-refractivity contribution < 1.29 is 13.6 Å². The summed E-state index contributed by atoms with van der Waals surface area (Å²) < 4.78 is 28.7. The Hall–Kier alpha value is -2.21. The van der Waals surface area contributed by atoms with Gasteiger partial charge in [0.2, 0.25) is 0 Å². The number of halogens is 2. The quantitative estimate of drug-likeness (QED) is 0.803. The standard InChI is InChI=1S/C21H25F2N3O/c22-18-6-5-16(15-19(18)23)25-13-11-24(12-14-25)8-2-9-26-10-7-17-20(26)3-1-4-21(17)27/h5-7,10,15H,1-4,8-9,11-14H2. The Morgan fingerprint density at radius 1 is 0.926 bits per heavy atom. The van der Waals surface area contributed by atoms with Crippen LogP contribution in [0.25, 0.3) is 0 Å². The molecule has 1 saturated heterocycles. The molecule has 27 heavy (non-hydrogen) atoms. The van der Waals surface area contributed by atoms with Crippen molar-refractivity contribution in [1.29, 1.82) is 0 Å². The van der Waals surface area contributed by atoms with Gasteiger partial charge in [-0.25, -0.2) is 8.78 Å². The van der Waals surface area contributed by atoms with Gasteiger partial charge in [-0.3, -0.25) is 9.69 Å². The second kappa shape index (κ2) is 7.80. The van der Waals surface area contributed by atoms with E-state index in [2.05, 4.69) is 20.6 Å². The number of Topliss-reactive ketones (excluding diaryl/α,β-unsaturated/α-hetero) is 1. The number of piperazine rings is 1. The largest absolute Gasteiger partial charge is 0.369 e. The molecule has 144 valence electrons. The van der Waals surface area contributed by atoms with Gasteiger partial charge in [0, 0.05) is 68.4 Å². The second-order valence-corrected chi connectivity index (χ2v) is 7.43. The fraction of sp³-hybridized carbons (Fsp3) is 0.476. The number of rotatable bonds is 5. The number of aromatic nitrogens is 1.